The van der Waals surface area contributed by atoms with Crippen molar-refractivity contribution in [3.05, 3.63) is 35.4 Å². The molecule has 188 valence electrons. The third-order valence-electron chi connectivity index (χ3n) is 6.49. The highest BCUT2D eigenvalue weighted by atomic mass is 19.2. The molecule has 2 rings (SSSR count). The number of rotatable bonds is 12. The number of hydrogen-bond acceptors (Lipinski definition) is 4. The molecule has 0 aromatic heterocycles. The molecule has 1 aromatic rings. The van der Waals surface area contributed by atoms with Crippen molar-refractivity contribution in [2.75, 3.05) is 40.4 Å². The van der Waals surface area contributed by atoms with Crippen LogP contribution in [0.25, 0.3) is 0 Å². The number of hydrogen-bond donors (Lipinski definition) is 3. The zero-order valence-electron chi connectivity index (χ0n) is 20.5. The molecular weight excluding hydrogens is 428 g/mol. The zero-order chi connectivity index (χ0) is 24.4. The average Bonchev–Trinajstić information content (AvgIpc) is 2.78. The molecule has 3 N–H and O–H groups in total. The van der Waals surface area contributed by atoms with Crippen LogP contribution < -0.4 is 10.6 Å². The Kier molecular flexibility index (Phi) is 11.0. The summed E-state index contributed by atoms with van der Waals surface area (Å²) in [5, 5.41) is 18.0. The molecule has 1 saturated heterocycles. The molecule has 1 fully saturated rings. The van der Waals surface area contributed by atoms with E-state index in [0.29, 0.717) is 51.3 Å². The van der Waals surface area contributed by atoms with Gasteiger partial charge in [0.2, 0.25) is 0 Å². The lowest BCUT2D eigenvalue weighted by Crippen LogP contribution is -2.54. The zero-order valence-corrected chi connectivity index (χ0v) is 20.5. The predicted octanol–water partition coefficient (Wildman–Crippen LogP) is 4.02. The van der Waals surface area contributed by atoms with Gasteiger partial charge in [-0.25, -0.2) is 13.6 Å². The van der Waals surface area contributed by atoms with Crippen LogP contribution in [-0.2, 0) is 10.3 Å². The summed E-state index contributed by atoms with van der Waals surface area (Å²) in [5.74, 6) is -1.95. The Bertz CT molecular complexity index is 750. The molecule has 6 nitrogen and oxygen atoms in total. The number of likely N-dealkylation sites (tertiary alicyclic amines) is 1. The lowest BCUT2D eigenvalue weighted by molar-refractivity contribution is -0.0591. The van der Waals surface area contributed by atoms with E-state index in [2.05, 4.69) is 24.5 Å². The number of ether oxygens (including phenoxy) is 1. The summed E-state index contributed by atoms with van der Waals surface area (Å²) in [7, 11) is 3.46. The molecule has 1 aromatic carbocycles. The van der Waals surface area contributed by atoms with Crippen LogP contribution in [0, 0.1) is 23.5 Å². The quantitative estimate of drug-likeness (QED) is 0.404. The maximum atomic E-state index is 14.8. The van der Waals surface area contributed by atoms with Gasteiger partial charge < -0.3 is 25.4 Å². The number of unbranched alkanes of at least 4 members (excludes halogenated alkanes) is 1. The minimum Gasteiger partial charge on any atom is -0.385 e. The minimum absolute atomic E-state index is 0.00327. The van der Waals surface area contributed by atoms with Crippen molar-refractivity contribution in [2.45, 2.75) is 64.0 Å². The number of amides is 2. The minimum atomic E-state index is -1.57. The van der Waals surface area contributed by atoms with E-state index in [1.165, 1.54) is 12.1 Å². The summed E-state index contributed by atoms with van der Waals surface area (Å²) in [5.41, 5.74) is -1.60. The van der Waals surface area contributed by atoms with E-state index in [1.807, 2.05) is 7.05 Å². The van der Waals surface area contributed by atoms with Gasteiger partial charge in [0.05, 0.1) is 5.60 Å². The number of piperidine rings is 1. The van der Waals surface area contributed by atoms with E-state index < -0.39 is 23.2 Å². The Morgan fingerprint density at radius 1 is 1.33 bits per heavy atom. The number of halogens is 2. The van der Waals surface area contributed by atoms with Crippen LogP contribution in [0.3, 0.4) is 0 Å². The largest absolute Gasteiger partial charge is 0.385 e. The molecule has 33 heavy (non-hydrogen) atoms. The predicted molar refractivity (Wildman–Crippen MR) is 126 cm³/mol. The molecule has 1 heterocycles. The maximum Gasteiger partial charge on any atom is 0.317 e. The monoisotopic (exact) mass is 469 g/mol. The Labute approximate surface area is 197 Å². The van der Waals surface area contributed by atoms with Crippen LogP contribution in [0.4, 0.5) is 13.6 Å². The number of urea groups is 1. The van der Waals surface area contributed by atoms with Crippen LogP contribution in [0.15, 0.2) is 18.2 Å². The van der Waals surface area contributed by atoms with Crippen molar-refractivity contribution < 1.29 is 23.4 Å². The molecule has 3 atom stereocenters. The third kappa shape index (κ3) is 7.62. The van der Waals surface area contributed by atoms with E-state index in [1.54, 1.807) is 12.0 Å². The van der Waals surface area contributed by atoms with Crippen molar-refractivity contribution in [1.29, 1.82) is 0 Å². The second kappa shape index (κ2) is 13.2. The molecule has 2 amide bonds. The van der Waals surface area contributed by atoms with Crippen molar-refractivity contribution in [3.63, 3.8) is 0 Å². The Morgan fingerprint density at radius 2 is 2.09 bits per heavy atom. The van der Waals surface area contributed by atoms with Gasteiger partial charge in [0.15, 0.2) is 11.6 Å². The van der Waals surface area contributed by atoms with Gasteiger partial charge in [-0.05, 0) is 57.6 Å². The summed E-state index contributed by atoms with van der Waals surface area (Å²) in [6.07, 6.45) is 3.74. The number of nitrogens with zero attached hydrogens (tertiary/aromatic N) is 1. The van der Waals surface area contributed by atoms with Crippen LogP contribution in [0.2, 0.25) is 0 Å². The summed E-state index contributed by atoms with van der Waals surface area (Å²) >= 11 is 0. The second-order valence-corrected chi connectivity index (χ2v) is 9.59. The molecule has 0 saturated carbocycles. The fraction of sp³-hybridized carbons (Fsp3) is 0.720. The van der Waals surface area contributed by atoms with Crippen LogP contribution in [0.5, 0.6) is 0 Å². The second-order valence-electron chi connectivity index (χ2n) is 9.59. The first-order chi connectivity index (χ1) is 15.7. The van der Waals surface area contributed by atoms with Gasteiger partial charge in [-0.2, -0.15) is 0 Å². The summed E-state index contributed by atoms with van der Waals surface area (Å²) in [4.78, 5) is 14.8. The molecule has 0 aliphatic carbocycles. The van der Waals surface area contributed by atoms with E-state index >= 15 is 0 Å². The number of aliphatic hydroxyl groups is 1. The van der Waals surface area contributed by atoms with Gasteiger partial charge in [-0.1, -0.05) is 26.0 Å². The van der Waals surface area contributed by atoms with Crippen molar-refractivity contribution >= 4 is 6.03 Å². The third-order valence-corrected chi connectivity index (χ3v) is 6.49. The van der Waals surface area contributed by atoms with Gasteiger partial charge in [0.1, 0.15) is 0 Å². The number of carbonyl (C=O) groups excluding carboxylic acids is 1. The van der Waals surface area contributed by atoms with Gasteiger partial charge in [-0.15, -0.1) is 0 Å². The van der Waals surface area contributed by atoms with Gasteiger partial charge >= 0.3 is 6.03 Å². The Morgan fingerprint density at radius 3 is 2.76 bits per heavy atom. The SMILES string of the molecule is CNCC(CC(C)C)NC(=O)N1CCC[C@@H]([C@@](O)(CCCCOC)c2cccc(F)c2F)C1. The number of likely N-dealkylation sites (N-methyl/N-ethyl adjacent to an activating group) is 1. The van der Waals surface area contributed by atoms with Crippen LogP contribution in [0.1, 0.15) is 57.9 Å². The van der Waals surface area contributed by atoms with Crippen molar-refractivity contribution in [3.8, 4) is 0 Å². The van der Waals surface area contributed by atoms with Crippen molar-refractivity contribution in [2.24, 2.45) is 11.8 Å². The first-order valence-electron chi connectivity index (χ1n) is 12.1. The highest BCUT2D eigenvalue weighted by Gasteiger charge is 2.43. The number of nitrogens with one attached hydrogen (secondary N) is 2. The summed E-state index contributed by atoms with van der Waals surface area (Å²) in [6.45, 7) is 6.28. The number of benzene rings is 1. The highest BCUT2D eigenvalue weighted by molar-refractivity contribution is 5.74. The normalized spacial score (nSPS) is 19.4. The van der Waals surface area contributed by atoms with Crippen molar-refractivity contribution in [1.82, 2.24) is 15.5 Å². The topological polar surface area (TPSA) is 73.8 Å². The Balaban J connectivity index is 2.21. The molecular formula is C25H41F2N3O3. The highest BCUT2D eigenvalue weighted by Crippen LogP contribution is 2.41. The molecule has 8 heteroatoms. The standard InChI is InChI=1S/C25H41F2N3O3/c1-18(2)15-20(16-28-3)29-24(31)30-13-8-9-19(17-30)25(32,12-5-6-14-33-4)21-10-7-11-22(26)23(21)27/h7,10-11,18-20,28,32H,5-6,8-9,12-17H2,1-4H3,(H,29,31)/t19-,20?,25+/m1/s1. The first-order valence-corrected chi connectivity index (χ1v) is 12.1. The molecule has 0 bridgehead atoms. The fourth-order valence-corrected chi connectivity index (χ4v) is 4.86. The lowest BCUT2D eigenvalue weighted by atomic mass is 9.74. The fourth-order valence-electron chi connectivity index (χ4n) is 4.86. The van der Waals surface area contributed by atoms with Gasteiger partial charge in [-0.3, -0.25) is 0 Å². The van der Waals surface area contributed by atoms with Gasteiger partial charge in [0, 0.05) is 50.9 Å². The van der Waals surface area contributed by atoms with E-state index in [4.69, 9.17) is 4.74 Å². The Hall–Kier alpha value is -1.77. The van der Waals surface area contributed by atoms with E-state index in [9.17, 15) is 18.7 Å². The molecule has 1 aliphatic rings. The lowest BCUT2D eigenvalue weighted by Gasteiger charge is -2.43. The average molecular weight is 470 g/mol. The summed E-state index contributed by atoms with van der Waals surface area (Å²) in [6, 6.07) is 3.76. The van der Waals surface area contributed by atoms with Gasteiger partial charge in [0.25, 0.3) is 0 Å². The summed E-state index contributed by atoms with van der Waals surface area (Å²) < 4.78 is 34.0. The van der Waals surface area contributed by atoms with E-state index in [0.717, 1.165) is 12.5 Å². The molecule has 0 spiro atoms. The number of methoxy groups -OCH3 is 1. The smallest absolute Gasteiger partial charge is 0.317 e. The molecule has 1 unspecified atom stereocenters. The number of carbonyl (C=O) groups is 1. The molecule has 0 radical (unpaired) electrons. The molecule has 1 aliphatic heterocycles. The van der Waals surface area contributed by atoms with Crippen LogP contribution >= 0.6 is 0 Å². The first kappa shape index (κ1) is 27.5. The maximum absolute atomic E-state index is 14.8. The van der Waals surface area contributed by atoms with Crippen LogP contribution in [-0.4, -0.2) is 62.5 Å². The van der Waals surface area contributed by atoms with E-state index in [-0.39, 0.29) is 30.6 Å².